The molecule has 1 N–H and O–H groups in total. The molecule has 1 aliphatic heterocycles. The number of ether oxygens (including phenoxy) is 1. The first-order valence-electron chi connectivity index (χ1n) is 8.62. The van der Waals surface area contributed by atoms with E-state index in [1.54, 1.807) is 30.0 Å². The molecule has 1 saturated heterocycles. The summed E-state index contributed by atoms with van der Waals surface area (Å²) in [7, 11) is -3.48. The van der Waals surface area contributed by atoms with E-state index in [-0.39, 0.29) is 5.91 Å². The number of morpholine rings is 1. The number of thioether (sulfide) groups is 1. The maximum absolute atomic E-state index is 12.8. The lowest BCUT2D eigenvalue weighted by molar-refractivity contribution is -0.114. The highest BCUT2D eigenvalue weighted by Gasteiger charge is 2.26. The number of nitrogens with one attached hydrogen (secondary N) is 1. The van der Waals surface area contributed by atoms with Gasteiger partial charge in [-0.25, -0.2) is 8.42 Å². The fourth-order valence-corrected chi connectivity index (χ4v) is 5.06. The van der Waals surface area contributed by atoms with Gasteiger partial charge in [0.25, 0.3) is 0 Å². The number of carbonyl (C=O) groups is 1. The number of hydrogen-bond donors (Lipinski definition) is 1. The number of hydrogen-bond acceptors (Lipinski definition) is 5. The molecule has 3 rings (SSSR count). The van der Waals surface area contributed by atoms with Crippen LogP contribution in [0.2, 0.25) is 0 Å². The van der Waals surface area contributed by atoms with E-state index in [9.17, 15) is 13.2 Å². The summed E-state index contributed by atoms with van der Waals surface area (Å²) in [5.41, 5.74) is 1.70. The molecular weight excluding hydrogens is 384 g/mol. The SMILES string of the molecule is CC(=O)Nc1ccc(SCc2cccc(S(=O)(=O)N3CCOCC3)c2)cc1. The van der Waals surface area contributed by atoms with Gasteiger partial charge in [0.1, 0.15) is 0 Å². The van der Waals surface area contributed by atoms with E-state index in [1.165, 1.54) is 11.2 Å². The molecule has 2 aromatic carbocycles. The second kappa shape index (κ2) is 8.88. The predicted octanol–water partition coefficient (Wildman–Crippen LogP) is 2.96. The van der Waals surface area contributed by atoms with Crippen molar-refractivity contribution < 1.29 is 17.9 Å². The number of benzene rings is 2. The molecule has 0 atom stereocenters. The molecule has 1 aliphatic rings. The standard InChI is InChI=1S/C19H22N2O4S2/c1-15(22)20-17-5-7-18(8-6-17)26-14-16-3-2-4-19(13-16)27(23,24)21-9-11-25-12-10-21/h2-8,13H,9-12,14H2,1H3,(H,20,22). The zero-order valence-electron chi connectivity index (χ0n) is 15.1. The van der Waals surface area contributed by atoms with Crippen LogP contribution in [-0.4, -0.2) is 44.9 Å². The third kappa shape index (κ3) is 5.32. The number of carbonyl (C=O) groups excluding carboxylic acids is 1. The summed E-state index contributed by atoms with van der Waals surface area (Å²) in [6, 6.07) is 14.7. The highest BCUT2D eigenvalue weighted by Crippen LogP contribution is 2.26. The maximum Gasteiger partial charge on any atom is 0.243 e. The van der Waals surface area contributed by atoms with Crippen LogP contribution in [0.25, 0.3) is 0 Å². The number of rotatable bonds is 6. The Morgan fingerprint density at radius 1 is 1.15 bits per heavy atom. The summed E-state index contributed by atoms with van der Waals surface area (Å²) in [5, 5.41) is 2.73. The monoisotopic (exact) mass is 406 g/mol. The van der Waals surface area contributed by atoms with Crippen molar-refractivity contribution >= 4 is 33.4 Å². The van der Waals surface area contributed by atoms with Crippen LogP contribution in [-0.2, 0) is 25.3 Å². The third-order valence-corrected chi connectivity index (χ3v) is 7.06. The normalized spacial score (nSPS) is 15.4. The second-order valence-corrected chi connectivity index (χ2v) is 9.14. The van der Waals surface area contributed by atoms with Crippen molar-refractivity contribution in [3.05, 3.63) is 54.1 Å². The van der Waals surface area contributed by atoms with Crippen molar-refractivity contribution in [1.82, 2.24) is 4.31 Å². The zero-order valence-corrected chi connectivity index (χ0v) is 16.7. The first-order valence-corrected chi connectivity index (χ1v) is 11.0. The van der Waals surface area contributed by atoms with Gasteiger partial charge >= 0.3 is 0 Å². The summed E-state index contributed by atoms with van der Waals surface area (Å²) in [6.07, 6.45) is 0. The van der Waals surface area contributed by atoms with E-state index >= 15 is 0 Å². The first kappa shape index (κ1) is 19.9. The lowest BCUT2D eigenvalue weighted by atomic mass is 10.2. The van der Waals surface area contributed by atoms with E-state index in [2.05, 4.69) is 5.32 Å². The Hall–Kier alpha value is -1.87. The van der Waals surface area contributed by atoms with E-state index in [0.717, 1.165) is 16.1 Å². The zero-order chi connectivity index (χ0) is 19.3. The Labute approximate surface area is 164 Å². The Bertz CT molecular complexity index is 892. The Balaban J connectivity index is 1.66. The third-order valence-electron chi connectivity index (χ3n) is 4.09. The molecule has 0 saturated carbocycles. The van der Waals surface area contributed by atoms with Crippen LogP contribution in [0, 0.1) is 0 Å². The first-order chi connectivity index (χ1) is 12.9. The summed E-state index contributed by atoms with van der Waals surface area (Å²) < 4.78 is 32.3. The molecule has 1 fully saturated rings. The van der Waals surface area contributed by atoms with Gasteiger partial charge < -0.3 is 10.1 Å². The number of amides is 1. The molecule has 6 nitrogen and oxygen atoms in total. The van der Waals surface area contributed by atoms with Crippen LogP contribution in [0.1, 0.15) is 12.5 Å². The van der Waals surface area contributed by atoms with Gasteiger partial charge in [-0.05, 0) is 42.0 Å². The van der Waals surface area contributed by atoms with Gasteiger partial charge in [0.05, 0.1) is 18.1 Å². The molecule has 1 heterocycles. The topological polar surface area (TPSA) is 75.7 Å². The van der Waals surface area contributed by atoms with Gasteiger partial charge in [-0.15, -0.1) is 11.8 Å². The van der Waals surface area contributed by atoms with E-state index < -0.39 is 10.0 Å². The molecule has 1 amide bonds. The number of nitrogens with zero attached hydrogens (tertiary/aromatic N) is 1. The lowest BCUT2D eigenvalue weighted by Gasteiger charge is -2.26. The van der Waals surface area contributed by atoms with Crippen molar-refractivity contribution in [2.75, 3.05) is 31.6 Å². The van der Waals surface area contributed by atoms with Crippen LogP contribution in [0.4, 0.5) is 5.69 Å². The van der Waals surface area contributed by atoms with Gasteiger partial charge in [0, 0.05) is 36.3 Å². The molecule has 0 unspecified atom stereocenters. The highest BCUT2D eigenvalue weighted by atomic mass is 32.2. The molecule has 27 heavy (non-hydrogen) atoms. The van der Waals surface area contributed by atoms with Crippen LogP contribution < -0.4 is 5.32 Å². The van der Waals surface area contributed by atoms with Crippen LogP contribution >= 0.6 is 11.8 Å². The average molecular weight is 407 g/mol. The molecular formula is C19H22N2O4S2. The summed E-state index contributed by atoms with van der Waals surface area (Å²) in [6.45, 7) is 3.12. The van der Waals surface area contributed by atoms with E-state index in [1.807, 2.05) is 30.3 Å². The minimum atomic E-state index is -3.48. The van der Waals surface area contributed by atoms with Crippen molar-refractivity contribution in [3.63, 3.8) is 0 Å². The fourth-order valence-electron chi connectivity index (χ4n) is 2.74. The smallest absolute Gasteiger partial charge is 0.243 e. The van der Waals surface area contributed by atoms with Crippen LogP contribution in [0.15, 0.2) is 58.3 Å². The Morgan fingerprint density at radius 2 is 1.85 bits per heavy atom. The molecule has 0 spiro atoms. The number of anilines is 1. The molecule has 2 aromatic rings. The van der Waals surface area contributed by atoms with Gasteiger partial charge in [0.2, 0.25) is 15.9 Å². The summed E-state index contributed by atoms with van der Waals surface area (Å²) in [4.78, 5) is 12.4. The van der Waals surface area contributed by atoms with Gasteiger partial charge in [0.15, 0.2) is 0 Å². The molecule has 0 aliphatic carbocycles. The van der Waals surface area contributed by atoms with Crippen LogP contribution in [0.3, 0.4) is 0 Å². The minimum Gasteiger partial charge on any atom is -0.379 e. The molecule has 0 radical (unpaired) electrons. The van der Waals surface area contributed by atoms with Crippen molar-refractivity contribution in [1.29, 1.82) is 0 Å². The lowest BCUT2D eigenvalue weighted by Crippen LogP contribution is -2.40. The van der Waals surface area contributed by atoms with Gasteiger partial charge in [-0.1, -0.05) is 12.1 Å². The highest BCUT2D eigenvalue weighted by molar-refractivity contribution is 7.98. The van der Waals surface area contributed by atoms with E-state index in [4.69, 9.17) is 4.74 Å². The van der Waals surface area contributed by atoms with Crippen molar-refractivity contribution in [2.24, 2.45) is 0 Å². The largest absolute Gasteiger partial charge is 0.379 e. The van der Waals surface area contributed by atoms with Gasteiger partial charge in [-0.3, -0.25) is 4.79 Å². The van der Waals surface area contributed by atoms with Crippen molar-refractivity contribution in [3.8, 4) is 0 Å². The minimum absolute atomic E-state index is 0.103. The van der Waals surface area contributed by atoms with E-state index in [0.29, 0.717) is 37.0 Å². The molecule has 0 aromatic heterocycles. The Morgan fingerprint density at radius 3 is 2.52 bits per heavy atom. The second-order valence-electron chi connectivity index (χ2n) is 6.16. The van der Waals surface area contributed by atoms with Gasteiger partial charge in [-0.2, -0.15) is 4.31 Å². The van der Waals surface area contributed by atoms with Crippen molar-refractivity contribution in [2.45, 2.75) is 22.5 Å². The molecule has 8 heteroatoms. The average Bonchev–Trinajstić information content (AvgIpc) is 2.68. The number of sulfonamides is 1. The fraction of sp³-hybridized carbons (Fsp3) is 0.316. The predicted molar refractivity (Wildman–Crippen MR) is 106 cm³/mol. The summed E-state index contributed by atoms with van der Waals surface area (Å²) >= 11 is 1.61. The quantitative estimate of drug-likeness (QED) is 0.747. The summed E-state index contributed by atoms with van der Waals surface area (Å²) in [5.74, 6) is 0.556. The molecule has 144 valence electrons. The Kier molecular flexibility index (Phi) is 6.54. The van der Waals surface area contributed by atoms with Crippen LogP contribution in [0.5, 0.6) is 0 Å². The molecule has 0 bridgehead atoms. The maximum atomic E-state index is 12.8.